The maximum absolute atomic E-state index is 13.0. The molecular formula is C12H8F2N4O3. The monoisotopic (exact) mass is 294 g/mol. The number of aromatic nitrogens is 1. The van der Waals surface area contributed by atoms with Crippen molar-refractivity contribution in [1.29, 1.82) is 0 Å². The van der Waals surface area contributed by atoms with Gasteiger partial charge in [0.15, 0.2) is 0 Å². The summed E-state index contributed by atoms with van der Waals surface area (Å²) in [6, 6.07) is 3.38. The average Bonchev–Trinajstić information content (AvgIpc) is 2.36. The number of anilines is 2. The van der Waals surface area contributed by atoms with Crippen LogP contribution < -0.4 is 11.1 Å². The summed E-state index contributed by atoms with van der Waals surface area (Å²) in [5.74, 6) is -2.82. The summed E-state index contributed by atoms with van der Waals surface area (Å²) in [5.41, 5.74) is 4.26. The van der Waals surface area contributed by atoms with Gasteiger partial charge in [-0.2, -0.15) is 0 Å². The number of nitrogen functional groups attached to an aromatic ring is 1. The quantitative estimate of drug-likeness (QED) is 0.665. The summed E-state index contributed by atoms with van der Waals surface area (Å²) < 4.78 is 26.0. The van der Waals surface area contributed by atoms with E-state index in [2.05, 4.69) is 10.3 Å². The summed E-state index contributed by atoms with van der Waals surface area (Å²) >= 11 is 0. The van der Waals surface area contributed by atoms with Gasteiger partial charge in [0.2, 0.25) is 0 Å². The van der Waals surface area contributed by atoms with Crippen LogP contribution in [0.2, 0.25) is 0 Å². The number of carbonyl (C=O) groups is 1. The Hall–Kier alpha value is -3.10. The van der Waals surface area contributed by atoms with Gasteiger partial charge in [-0.05, 0) is 18.2 Å². The number of halogens is 2. The number of hydrogen-bond acceptors (Lipinski definition) is 5. The smallest absolute Gasteiger partial charge is 0.300 e. The second-order valence-electron chi connectivity index (χ2n) is 4.00. The number of amides is 1. The first-order valence-electron chi connectivity index (χ1n) is 5.54. The molecule has 0 aliphatic rings. The minimum atomic E-state index is -0.930. The third-order valence-corrected chi connectivity index (χ3v) is 2.47. The predicted molar refractivity (Wildman–Crippen MR) is 69.6 cm³/mol. The fraction of sp³-hybridized carbons (Fsp3) is 0. The van der Waals surface area contributed by atoms with E-state index < -0.39 is 28.2 Å². The zero-order chi connectivity index (χ0) is 15.6. The summed E-state index contributed by atoms with van der Waals surface area (Å²) in [7, 11) is 0. The zero-order valence-corrected chi connectivity index (χ0v) is 10.3. The standard InChI is InChI=1S/C12H8F2N4O3/c13-6-1-7(14)3-8(2-6)17-12(19)9-4-11(15)16-5-10(9)18(20)21/h1-5H,(H2,15,16)(H,17,19). The van der Waals surface area contributed by atoms with Crippen LogP contribution in [-0.2, 0) is 0 Å². The molecule has 0 saturated carbocycles. The average molecular weight is 294 g/mol. The van der Waals surface area contributed by atoms with Gasteiger partial charge in [0.05, 0.1) is 4.92 Å². The van der Waals surface area contributed by atoms with Gasteiger partial charge in [0.25, 0.3) is 11.6 Å². The number of rotatable bonds is 3. The van der Waals surface area contributed by atoms with E-state index in [0.29, 0.717) is 6.07 Å². The highest BCUT2D eigenvalue weighted by Crippen LogP contribution is 2.21. The van der Waals surface area contributed by atoms with E-state index in [1.54, 1.807) is 0 Å². The Bertz CT molecular complexity index is 716. The Kier molecular flexibility index (Phi) is 3.74. The summed E-state index contributed by atoms with van der Waals surface area (Å²) in [6.07, 6.45) is 0.830. The fourth-order valence-corrected chi connectivity index (χ4v) is 1.62. The zero-order valence-electron chi connectivity index (χ0n) is 10.3. The molecule has 21 heavy (non-hydrogen) atoms. The molecule has 0 atom stereocenters. The van der Waals surface area contributed by atoms with E-state index in [1.165, 1.54) is 0 Å². The molecule has 2 rings (SSSR count). The fourth-order valence-electron chi connectivity index (χ4n) is 1.62. The predicted octanol–water partition coefficient (Wildman–Crippen LogP) is 2.10. The second-order valence-corrected chi connectivity index (χ2v) is 4.00. The van der Waals surface area contributed by atoms with Crippen LogP contribution in [0.1, 0.15) is 10.4 Å². The molecule has 0 aliphatic heterocycles. The number of nitrogens with one attached hydrogen (secondary N) is 1. The van der Waals surface area contributed by atoms with Crippen LogP contribution in [0.4, 0.5) is 26.0 Å². The molecule has 0 aliphatic carbocycles. The number of nitrogens with zero attached hydrogens (tertiary/aromatic N) is 2. The first-order valence-corrected chi connectivity index (χ1v) is 5.54. The second kappa shape index (κ2) is 5.49. The minimum Gasteiger partial charge on any atom is -0.384 e. The highest BCUT2D eigenvalue weighted by Gasteiger charge is 2.21. The van der Waals surface area contributed by atoms with Crippen LogP contribution >= 0.6 is 0 Å². The SMILES string of the molecule is Nc1cc(C(=O)Nc2cc(F)cc(F)c2)c([N+](=O)[O-])cn1. The van der Waals surface area contributed by atoms with E-state index in [0.717, 1.165) is 24.4 Å². The molecule has 1 aromatic carbocycles. The van der Waals surface area contributed by atoms with Crippen molar-refractivity contribution < 1.29 is 18.5 Å². The number of nitrogens with two attached hydrogens (primary N) is 1. The Morgan fingerprint density at radius 2 is 1.86 bits per heavy atom. The van der Waals surface area contributed by atoms with Gasteiger partial charge in [-0.15, -0.1) is 0 Å². The Morgan fingerprint density at radius 1 is 1.24 bits per heavy atom. The van der Waals surface area contributed by atoms with Crippen LogP contribution in [-0.4, -0.2) is 15.8 Å². The number of hydrogen-bond donors (Lipinski definition) is 2. The van der Waals surface area contributed by atoms with Crippen molar-refractivity contribution in [2.75, 3.05) is 11.1 Å². The summed E-state index contributed by atoms with van der Waals surface area (Å²) in [4.78, 5) is 25.5. The number of benzene rings is 1. The number of nitro groups is 1. The molecule has 9 heteroatoms. The molecule has 0 unspecified atom stereocenters. The molecule has 3 N–H and O–H groups in total. The Balaban J connectivity index is 2.36. The van der Waals surface area contributed by atoms with Crippen molar-refractivity contribution in [3.05, 3.63) is 57.8 Å². The molecule has 1 aromatic heterocycles. The van der Waals surface area contributed by atoms with Crippen LogP contribution in [0.3, 0.4) is 0 Å². The van der Waals surface area contributed by atoms with Crippen molar-refractivity contribution in [3.8, 4) is 0 Å². The van der Waals surface area contributed by atoms with Crippen LogP contribution in [0, 0.1) is 21.7 Å². The van der Waals surface area contributed by atoms with Crippen molar-refractivity contribution in [3.63, 3.8) is 0 Å². The van der Waals surface area contributed by atoms with Gasteiger partial charge in [-0.25, -0.2) is 13.8 Å². The van der Waals surface area contributed by atoms with Gasteiger partial charge in [-0.1, -0.05) is 0 Å². The van der Waals surface area contributed by atoms with E-state index in [9.17, 15) is 23.7 Å². The normalized spacial score (nSPS) is 10.2. The first-order chi connectivity index (χ1) is 9.86. The first kappa shape index (κ1) is 14.3. The van der Waals surface area contributed by atoms with Crippen molar-refractivity contribution in [2.45, 2.75) is 0 Å². The van der Waals surface area contributed by atoms with Crippen molar-refractivity contribution >= 4 is 23.1 Å². The summed E-state index contributed by atoms with van der Waals surface area (Å²) in [5, 5.41) is 13.0. The summed E-state index contributed by atoms with van der Waals surface area (Å²) in [6.45, 7) is 0. The van der Waals surface area contributed by atoms with Crippen molar-refractivity contribution in [1.82, 2.24) is 4.98 Å². The number of carbonyl (C=O) groups excluding carboxylic acids is 1. The van der Waals surface area contributed by atoms with Crippen LogP contribution in [0.25, 0.3) is 0 Å². The third kappa shape index (κ3) is 3.26. The molecule has 2 aromatic rings. The minimum absolute atomic E-state index is 0.101. The van der Waals surface area contributed by atoms with Crippen LogP contribution in [0.5, 0.6) is 0 Å². The van der Waals surface area contributed by atoms with E-state index >= 15 is 0 Å². The van der Waals surface area contributed by atoms with Gasteiger partial charge in [-0.3, -0.25) is 14.9 Å². The molecule has 108 valence electrons. The lowest BCUT2D eigenvalue weighted by Crippen LogP contribution is -2.15. The molecule has 1 amide bonds. The maximum Gasteiger partial charge on any atom is 0.300 e. The lowest BCUT2D eigenvalue weighted by molar-refractivity contribution is -0.385. The Morgan fingerprint density at radius 3 is 2.43 bits per heavy atom. The van der Waals surface area contributed by atoms with Gasteiger partial charge in [0.1, 0.15) is 29.2 Å². The molecule has 7 nitrogen and oxygen atoms in total. The maximum atomic E-state index is 13.0. The lowest BCUT2D eigenvalue weighted by atomic mass is 10.2. The van der Waals surface area contributed by atoms with Crippen LogP contribution in [0.15, 0.2) is 30.5 Å². The highest BCUT2D eigenvalue weighted by atomic mass is 19.1. The highest BCUT2D eigenvalue weighted by molar-refractivity contribution is 6.07. The van der Waals surface area contributed by atoms with E-state index in [1.807, 2.05) is 0 Å². The van der Waals surface area contributed by atoms with E-state index in [-0.39, 0.29) is 17.1 Å². The van der Waals surface area contributed by atoms with Gasteiger partial charge in [0, 0.05) is 11.8 Å². The lowest BCUT2D eigenvalue weighted by Gasteiger charge is -2.06. The third-order valence-electron chi connectivity index (χ3n) is 2.47. The molecule has 0 fully saturated rings. The largest absolute Gasteiger partial charge is 0.384 e. The van der Waals surface area contributed by atoms with Gasteiger partial charge < -0.3 is 11.1 Å². The topological polar surface area (TPSA) is 111 Å². The molecule has 1 heterocycles. The number of pyridine rings is 1. The molecule has 0 bridgehead atoms. The molecule has 0 saturated heterocycles. The molecule has 0 radical (unpaired) electrons. The Labute approximate surface area is 116 Å². The van der Waals surface area contributed by atoms with Crippen molar-refractivity contribution in [2.24, 2.45) is 0 Å². The van der Waals surface area contributed by atoms with Gasteiger partial charge >= 0.3 is 0 Å². The molecular weight excluding hydrogens is 286 g/mol. The van der Waals surface area contributed by atoms with E-state index in [4.69, 9.17) is 5.73 Å². The molecule has 0 spiro atoms.